The summed E-state index contributed by atoms with van der Waals surface area (Å²) >= 11 is 0. The molecule has 1 aromatic heterocycles. The van der Waals surface area contributed by atoms with E-state index in [-0.39, 0.29) is 0 Å². The molecular weight excluding hydrogens is 184 g/mol. The third-order valence-electron chi connectivity index (χ3n) is 3.24. The van der Waals surface area contributed by atoms with Crippen LogP contribution in [-0.4, -0.2) is 22.5 Å². The molecule has 2 nitrogen and oxygen atoms in total. The zero-order chi connectivity index (χ0) is 10.7. The monoisotopic (exact) mass is 204 g/mol. The van der Waals surface area contributed by atoms with Crippen LogP contribution in [0.25, 0.3) is 0 Å². The van der Waals surface area contributed by atoms with Crippen LogP contribution >= 0.6 is 0 Å². The maximum absolute atomic E-state index is 4.49. The van der Waals surface area contributed by atoms with Crippen molar-refractivity contribution in [3.05, 3.63) is 30.1 Å². The number of hydrogen-bond donors (Lipinski definition) is 0. The predicted molar refractivity (Wildman–Crippen MR) is 62.7 cm³/mol. The Morgan fingerprint density at radius 1 is 1.33 bits per heavy atom. The molecule has 0 saturated carbocycles. The third kappa shape index (κ3) is 2.37. The topological polar surface area (TPSA) is 16.1 Å². The van der Waals surface area contributed by atoms with Gasteiger partial charge in [0.15, 0.2) is 0 Å². The SMILES string of the molecule is CC(C)N1CCCC[C@H]1c1ccccn1. The number of hydrogen-bond acceptors (Lipinski definition) is 2. The molecule has 0 N–H and O–H groups in total. The molecule has 82 valence electrons. The highest BCUT2D eigenvalue weighted by atomic mass is 15.2. The summed E-state index contributed by atoms with van der Waals surface area (Å²) in [4.78, 5) is 7.07. The van der Waals surface area contributed by atoms with E-state index in [0.717, 1.165) is 0 Å². The first-order chi connectivity index (χ1) is 7.29. The summed E-state index contributed by atoms with van der Waals surface area (Å²) in [6, 6.07) is 7.41. The number of aromatic nitrogens is 1. The molecule has 0 aliphatic carbocycles. The molecule has 15 heavy (non-hydrogen) atoms. The van der Waals surface area contributed by atoms with Gasteiger partial charge >= 0.3 is 0 Å². The Balaban J connectivity index is 2.18. The van der Waals surface area contributed by atoms with Crippen molar-refractivity contribution in [2.45, 2.75) is 45.2 Å². The Bertz CT molecular complexity index is 295. The lowest BCUT2D eigenvalue weighted by Gasteiger charge is -2.38. The van der Waals surface area contributed by atoms with Crippen molar-refractivity contribution in [2.24, 2.45) is 0 Å². The van der Waals surface area contributed by atoms with Crippen molar-refractivity contribution in [1.29, 1.82) is 0 Å². The van der Waals surface area contributed by atoms with Gasteiger partial charge in [-0.2, -0.15) is 0 Å². The van der Waals surface area contributed by atoms with Gasteiger partial charge in [0.2, 0.25) is 0 Å². The lowest BCUT2D eigenvalue weighted by atomic mass is 9.97. The van der Waals surface area contributed by atoms with E-state index in [1.165, 1.54) is 31.5 Å². The second-order valence-electron chi connectivity index (χ2n) is 4.60. The van der Waals surface area contributed by atoms with Gasteiger partial charge in [-0.05, 0) is 45.4 Å². The largest absolute Gasteiger partial charge is 0.292 e. The summed E-state index contributed by atoms with van der Waals surface area (Å²) in [5.41, 5.74) is 1.24. The molecular formula is C13H20N2. The van der Waals surface area contributed by atoms with E-state index in [0.29, 0.717) is 12.1 Å². The van der Waals surface area contributed by atoms with Crippen molar-refractivity contribution < 1.29 is 0 Å². The van der Waals surface area contributed by atoms with E-state index >= 15 is 0 Å². The molecule has 0 unspecified atom stereocenters. The summed E-state index contributed by atoms with van der Waals surface area (Å²) in [5, 5.41) is 0. The predicted octanol–water partition coefficient (Wildman–Crippen LogP) is 3.02. The smallest absolute Gasteiger partial charge is 0.0575 e. The number of rotatable bonds is 2. The molecule has 2 heterocycles. The first-order valence-corrected chi connectivity index (χ1v) is 5.95. The van der Waals surface area contributed by atoms with Crippen LogP contribution in [0.15, 0.2) is 24.4 Å². The number of likely N-dealkylation sites (tertiary alicyclic amines) is 1. The molecule has 0 radical (unpaired) electrons. The Morgan fingerprint density at radius 3 is 2.87 bits per heavy atom. The lowest BCUT2D eigenvalue weighted by Crippen LogP contribution is -2.38. The summed E-state index contributed by atoms with van der Waals surface area (Å²) in [6.07, 6.45) is 5.84. The maximum Gasteiger partial charge on any atom is 0.0575 e. The number of piperidine rings is 1. The fraction of sp³-hybridized carbons (Fsp3) is 0.615. The molecule has 2 rings (SSSR count). The Kier molecular flexibility index (Phi) is 3.37. The van der Waals surface area contributed by atoms with Crippen molar-refractivity contribution in [2.75, 3.05) is 6.54 Å². The van der Waals surface area contributed by atoms with E-state index in [9.17, 15) is 0 Å². The molecule has 1 atom stereocenters. The normalized spacial score (nSPS) is 23.3. The fourth-order valence-electron chi connectivity index (χ4n) is 2.46. The van der Waals surface area contributed by atoms with E-state index in [4.69, 9.17) is 0 Å². The van der Waals surface area contributed by atoms with Crippen LogP contribution in [-0.2, 0) is 0 Å². The average Bonchev–Trinajstić information content (AvgIpc) is 2.30. The second-order valence-corrected chi connectivity index (χ2v) is 4.60. The molecule has 0 bridgehead atoms. The summed E-state index contributed by atoms with van der Waals surface area (Å²) in [7, 11) is 0. The minimum absolute atomic E-state index is 0.542. The van der Waals surface area contributed by atoms with Crippen LogP contribution in [0.4, 0.5) is 0 Å². The minimum atomic E-state index is 0.542. The maximum atomic E-state index is 4.49. The van der Waals surface area contributed by atoms with Gasteiger partial charge in [-0.1, -0.05) is 12.5 Å². The van der Waals surface area contributed by atoms with Gasteiger partial charge in [-0.3, -0.25) is 9.88 Å². The summed E-state index contributed by atoms with van der Waals surface area (Å²) < 4.78 is 0. The molecule has 2 heteroatoms. The number of nitrogens with zero attached hydrogens (tertiary/aromatic N) is 2. The summed E-state index contributed by atoms with van der Waals surface area (Å²) in [5.74, 6) is 0. The second kappa shape index (κ2) is 4.75. The van der Waals surface area contributed by atoms with E-state index in [1.54, 1.807) is 0 Å². The Labute approximate surface area is 92.3 Å². The lowest BCUT2D eigenvalue weighted by molar-refractivity contribution is 0.109. The Morgan fingerprint density at radius 2 is 2.20 bits per heavy atom. The van der Waals surface area contributed by atoms with Crippen molar-refractivity contribution >= 4 is 0 Å². The number of pyridine rings is 1. The van der Waals surface area contributed by atoms with Crippen molar-refractivity contribution in [1.82, 2.24) is 9.88 Å². The van der Waals surface area contributed by atoms with Gasteiger partial charge in [0, 0.05) is 12.2 Å². The van der Waals surface area contributed by atoms with Gasteiger partial charge in [-0.15, -0.1) is 0 Å². The molecule has 1 fully saturated rings. The first kappa shape index (κ1) is 10.6. The van der Waals surface area contributed by atoms with E-state index < -0.39 is 0 Å². The van der Waals surface area contributed by atoms with E-state index in [1.807, 2.05) is 12.3 Å². The van der Waals surface area contributed by atoms with Gasteiger partial charge < -0.3 is 0 Å². The van der Waals surface area contributed by atoms with Crippen LogP contribution in [0.2, 0.25) is 0 Å². The molecule has 0 spiro atoms. The molecule has 1 aliphatic rings. The molecule has 1 aliphatic heterocycles. The van der Waals surface area contributed by atoms with Crippen LogP contribution < -0.4 is 0 Å². The van der Waals surface area contributed by atoms with Gasteiger partial charge in [0.1, 0.15) is 0 Å². The van der Waals surface area contributed by atoms with Gasteiger partial charge in [-0.25, -0.2) is 0 Å². The molecule has 0 aromatic carbocycles. The minimum Gasteiger partial charge on any atom is -0.292 e. The fourth-order valence-corrected chi connectivity index (χ4v) is 2.46. The van der Waals surface area contributed by atoms with E-state index in [2.05, 4.69) is 35.9 Å². The summed E-state index contributed by atoms with van der Waals surface area (Å²) in [6.45, 7) is 5.78. The van der Waals surface area contributed by atoms with Crippen LogP contribution in [0.3, 0.4) is 0 Å². The zero-order valence-corrected chi connectivity index (χ0v) is 9.69. The quantitative estimate of drug-likeness (QED) is 0.736. The molecule has 1 saturated heterocycles. The molecule has 1 aromatic rings. The third-order valence-corrected chi connectivity index (χ3v) is 3.24. The van der Waals surface area contributed by atoms with Crippen LogP contribution in [0.5, 0.6) is 0 Å². The van der Waals surface area contributed by atoms with Gasteiger partial charge in [0.05, 0.1) is 11.7 Å². The van der Waals surface area contributed by atoms with Crippen molar-refractivity contribution in [3.8, 4) is 0 Å². The van der Waals surface area contributed by atoms with Crippen LogP contribution in [0, 0.1) is 0 Å². The average molecular weight is 204 g/mol. The van der Waals surface area contributed by atoms with Gasteiger partial charge in [0.25, 0.3) is 0 Å². The standard InChI is InChI=1S/C13H20N2/c1-11(2)15-10-6-4-8-13(15)12-7-3-5-9-14-12/h3,5,7,9,11,13H,4,6,8,10H2,1-2H3/t13-/m0/s1. The highest BCUT2D eigenvalue weighted by Gasteiger charge is 2.26. The highest BCUT2D eigenvalue weighted by molar-refractivity contribution is 5.10. The van der Waals surface area contributed by atoms with Crippen molar-refractivity contribution in [3.63, 3.8) is 0 Å². The first-order valence-electron chi connectivity index (χ1n) is 5.95. The molecule has 0 amide bonds. The zero-order valence-electron chi connectivity index (χ0n) is 9.69. The Hall–Kier alpha value is -0.890. The van der Waals surface area contributed by atoms with Crippen LogP contribution in [0.1, 0.15) is 44.8 Å². The highest BCUT2D eigenvalue weighted by Crippen LogP contribution is 2.30.